The van der Waals surface area contributed by atoms with Crippen LogP contribution in [0.2, 0.25) is 5.15 Å². The molecule has 136 valence electrons. The summed E-state index contributed by atoms with van der Waals surface area (Å²) < 4.78 is 46.6. The molecule has 0 atom stereocenters. The average Bonchev–Trinajstić information content (AvgIpc) is 3.17. The summed E-state index contributed by atoms with van der Waals surface area (Å²) in [5.41, 5.74) is 1.60. The van der Waals surface area contributed by atoms with Crippen LogP contribution in [0.4, 0.5) is 13.2 Å². The van der Waals surface area contributed by atoms with Gasteiger partial charge in [0.25, 0.3) is 5.91 Å². The van der Waals surface area contributed by atoms with Crippen molar-refractivity contribution in [3.63, 3.8) is 0 Å². The van der Waals surface area contributed by atoms with E-state index in [1.165, 1.54) is 24.8 Å². The number of hydrazine groups is 1. The van der Waals surface area contributed by atoms with Gasteiger partial charge in [0.05, 0.1) is 18.1 Å². The van der Waals surface area contributed by atoms with Crippen LogP contribution in [0.25, 0.3) is 16.8 Å². The van der Waals surface area contributed by atoms with E-state index in [0.29, 0.717) is 18.7 Å². The van der Waals surface area contributed by atoms with Gasteiger partial charge in [-0.25, -0.2) is 9.99 Å². The van der Waals surface area contributed by atoms with Crippen molar-refractivity contribution in [3.8, 4) is 11.1 Å². The van der Waals surface area contributed by atoms with Crippen molar-refractivity contribution in [1.82, 2.24) is 19.8 Å². The van der Waals surface area contributed by atoms with E-state index in [1.54, 1.807) is 5.01 Å². The number of amides is 1. The van der Waals surface area contributed by atoms with E-state index < -0.39 is 23.3 Å². The fourth-order valence-electron chi connectivity index (χ4n) is 2.68. The predicted octanol–water partition coefficient (Wildman–Crippen LogP) is 3.62. The van der Waals surface area contributed by atoms with Crippen LogP contribution in [-0.4, -0.2) is 33.4 Å². The van der Waals surface area contributed by atoms with Crippen LogP contribution in [0.1, 0.15) is 22.5 Å². The summed E-state index contributed by atoms with van der Waals surface area (Å²) in [6.07, 6.45) is 0.343. The van der Waals surface area contributed by atoms with Crippen molar-refractivity contribution in [3.05, 3.63) is 47.3 Å². The minimum absolute atomic E-state index is 0.186. The fraction of sp³-hybridized carbons (Fsp3) is 0.250. The number of rotatable bonds is 3. The Balaban J connectivity index is 1.87. The number of carbonyl (C=O) groups excluding carboxylic acids is 1. The van der Waals surface area contributed by atoms with Crippen LogP contribution in [-0.2, 0) is 6.18 Å². The van der Waals surface area contributed by atoms with E-state index in [-0.39, 0.29) is 16.4 Å². The molecule has 0 saturated carbocycles. The van der Waals surface area contributed by atoms with Crippen LogP contribution in [0.3, 0.4) is 0 Å². The minimum atomic E-state index is -4.67. The second-order valence-electron chi connectivity index (χ2n) is 5.88. The van der Waals surface area contributed by atoms with Crippen molar-refractivity contribution in [1.29, 1.82) is 0 Å². The first-order chi connectivity index (χ1) is 12.3. The fourth-order valence-corrected chi connectivity index (χ4v) is 2.94. The molecule has 1 N–H and O–H groups in total. The van der Waals surface area contributed by atoms with Gasteiger partial charge in [-0.15, -0.1) is 0 Å². The van der Waals surface area contributed by atoms with E-state index >= 15 is 0 Å². The van der Waals surface area contributed by atoms with Gasteiger partial charge in [-0.2, -0.15) is 13.2 Å². The van der Waals surface area contributed by atoms with E-state index in [2.05, 4.69) is 10.4 Å². The predicted molar refractivity (Wildman–Crippen MR) is 86.6 cm³/mol. The summed E-state index contributed by atoms with van der Waals surface area (Å²) in [7, 11) is 0. The Hall–Kier alpha value is -2.52. The number of fused-ring (bicyclic) bond motifs is 1. The highest BCUT2D eigenvalue weighted by molar-refractivity contribution is 6.33. The molecule has 0 aliphatic carbocycles. The van der Waals surface area contributed by atoms with Crippen molar-refractivity contribution >= 4 is 23.2 Å². The van der Waals surface area contributed by atoms with Gasteiger partial charge in [0.2, 0.25) is 0 Å². The van der Waals surface area contributed by atoms with E-state index in [1.807, 2.05) is 0 Å². The molecule has 4 heterocycles. The molecular formula is C16H12ClF3N4O2. The molecule has 0 spiro atoms. The van der Waals surface area contributed by atoms with Crippen LogP contribution in [0.5, 0.6) is 0 Å². The molecule has 3 aromatic heterocycles. The molecule has 10 heteroatoms. The maximum Gasteiger partial charge on any atom is 0.420 e. The summed E-state index contributed by atoms with van der Waals surface area (Å²) in [4.78, 5) is 16.2. The van der Waals surface area contributed by atoms with E-state index in [0.717, 1.165) is 16.9 Å². The van der Waals surface area contributed by atoms with Crippen molar-refractivity contribution < 1.29 is 22.4 Å². The van der Waals surface area contributed by atoms with Gasteiger partial charge in [-0.05, 0) is 18.6 Å². The lowest BCUT2D eigenvalue weighted by molar-refractivity contribution is -0.136. The molecule has 6 nitrogen and oxygen atoms in total. The molecule has 1 aliphatic heterocycles. The van der Waals surface area contributed by atoms with E-state index in [4.69, 9.17) is 16.0 Å². The summed E-state index contributed by atoms with van der Waals surface area (Å²) in [6.45, 7) is 1.35. The van der Waals surface area contributed by atoms with Gasteiger partial charge in [-0.3, -0.25) is 14.6 Å². The molecule has 1 fully saturated rings. The number of hydrogen-bond acceptors (Lipinski definition) is 4. The Bertz CT molecular complexity index is 978. The van der Waals surface area contributed by atoms with Gasteiger partial charge < -0.3 is 4.42 Å². The van der Waals surface area contributed by atoms with Gasteiger partial charge in [0.1, 0.15) is 5.15 Å². The van der Waals surface area contributed by atoms with Crippen LogP contribution >= 0.6 is 11.6 Å². The maximum atomic E-state index is 13.5. The number of nitrogens with zero attached hydrogens (tertiary/aromatic N) is 3. The molecule has 1 amide bonds. The minimum Gasteiger partial charge on any atom is -0.472 e. The number of aromatic nitrogens is 2. The number of halogens is 4. The quantitative estimate of drug-likeness (QED) is 0.749. The number of nitrogens with one attached hydrogen (secondary N) is 1. The number of pyridine rings is 1. The van der Waals surface area contributed by atoms with Crippen molar-refractivity contribution in [2.45, 2.75) is 12.6 Å². The Morgan fingerprint density at radius 2 is 2.08 bits per heavy atom. The first-order valence-corrected chi connectivity index (χ1v) is 8.09. The number of carbonyl (C=O) groups is 1. The molecule has 3 aromatic rings. The number of alkyl halides is 3. The average molecular weight is 385 g/mol. The van der Waals surface area contributed by atoms with Crippen LogP contribution in [0, 0.1) is 0 Å². The van der Waals surface area contributed by atoms with Gasteiger partial charge in [0, 0.05) is 30.4 Å². The van der Waals surface area contributed by atoms with Crippen LogP contribution < -0.4 is 5.43 Å². The topological polar surface area (TPSA) is 62.8 Å². The van der Waals surface area contributed by atoms with Gasteiger partial charge in [0.15, 0.2) is 11.3 Å². The number of furan rings is 1. The maximum absolute atomic E-state index is 13.5. The summed E-state index contributed by atoms with van der Waals surface area (Å²) in [5.74, 6) is -0.642. The van der Waals surface area contributed by atoms with Gasteiger partial charge in [-0.1, -0.05) is 11.6 Å². The molecule has 0 bridgehead atoms. The Kier molecular flexibility index (Phi) is 3.92. The SMILES string of the molecule is O=C(NN1CCC1)c1nc2c(C(F)(F)F)cc(-c3ccoc3)cn2c1Cl. The highest BCUT2D eigenvalue weighted by Gasteiger charge is 2.36. The second-order valence-corrected chi connectivity index (χ2v) is 6.24. The lowest BCUT2D eigenvalue weighted by Gasteiger charge is -2.30. The molecule has 0 radical (unpaired) electrons. The van der Waals surface area contributed by atoms with E-state index in [9.17, 15) is 18.0 Å². The third-order valence-corrected chi connectivity index (χ3v) is 4.51. The Morgan fingerprint density at radius 3 is 2.65 bits per heavy atom. The standard InChI is InChI=1S/C16H12ClF3N4O2/c17-13-12(15(25)22-23-3-1-4-23)21-14-11(16(18,19)20)6-10(7-24(13)14)9-2-5-26-8-9/h2,5-8H,1,3-4H2,(H,22,25). The molecular weight excluding hydrogens is 373 g/mol. The monoisotopic (exact) mass is 384 g/mol. The summed E-state index contributed by atoms with van der Waals surface area (Å²) in [5, 5.41) is 1.46. The molecule has 4 rings (SSSR count). The Morgan fingerprint density at radius 1 is 1.31 bits per heavy atom. The molecule has 0 unspecified atom stereocenters. The smallest absolute Gasteiger partial charge is 0.420 e. The zero-order chi connectivity index (χ0) is 18.5. The number of hydrogen-bond donors (Lipinski definition) is 1. The zero-order valence-electron chi connectivity index (χ0n) is 13.2. The molecule has 0 aromatic carbocycles. The Labute approximate surface area is 150 Å². The highest BCUT2D eigenvalue weighted by Crippen LogP contribution is 2.37. The summed E-state index contributed by atoms with van der Waals surface area (Å²) >= 11 is 6.18. The largest absolute Gasteiger partial charge is 0.472 e. The van der Waals surface area contributed by atoms with Crippen molar-refractivity contribution in [2.75, 3.05) is 13.1 Å². The lowest BCUT2D eigenvalue weighted by Crippen LogP contribution is -2.50. The molecule has 1 aliphatic rings. The zero-order valence-corrected chi connectivity index (χ0v) is 13.9. The lowest BCUT2D eigenvalue weighted by atomic mass is 10.1. The highest BCUT2D eigenvalue weighted by atomic mass is 35.5. The molecule has 26 heavy (non-hydrogen) atoms. The second kappa shape index (κ2) is 6.03. The molecule has 1 saturated heterocycles. The van der Waals surface area contributed by atoms with Gasteiger partial charge >= 0.3 is 6.18 Å². The normalized spacial score (nSPS) is 15.2. The first-order valence-electron chi connectivity index (χ1n) is 7.72. The van der Waals surface area contributed by atoms with Crippen LogP contribution in [0.15, 0.2) is 35.3 Å². The third-order valence-electron chi connectivity index (χ3n) is 4.15. The van der Waals surface area contributed by atoms with Crippen molar-refractivity contribution in [2.24, 2.45) is 0 Å². The summed E-state index contributed by atoms with van der Waals surface area (Å²) in [6, 6.07) is 2.49. The third kappa shape index (κ3) is 2.82. The first kappa shape index (κ1) is 16.9. The number of imidazole rings is 1.